The van der Waals surface area contributed by atoms with Crippen molar-refractivity contribution in [3.63, 3.8) is 0 Å². The Balaban J connectivity index is 1.25. The summed E-state index contributed by atoms with van der Waals surface area (Å²) < 4.78 is 0. The molecule has 1 aliphatic heterocycles. The minimum absolute atomic E-state index is 0.0829. The van der Waals surface area contributed by atoms with E-state index in [9.17, 15) is 4.79 Å². The Kier molecular flexibility index (Phi) is 6.58. The maximum absolute atomic E-state index is 12.3. The molecule has 4 heteroatoms. The fourth-order valence-electron chi connectivity index (χ4n) is 3.64. The topological polar surface area (TPSA) is 35.6 Å². The number of carbonyl (C=O) groups excluding carboxylic acids is 1. The lowest BCUT2D eigenvalue weighted by Gasteiger charge is -2.35. The van der Waals surface area contributed by atoms with Crippen molar-refractivity contribution in [1.29, 1.82) is 0 Å². The lowest BCUT2D eigenvalue weighted by molar-refractivity contribution is 0.102. The fraction of sp³-hybridized carbons (Fsp3) is 0.192. The van der Waals surface area contributed by atoms with Crippen LogP contribution in [0.4, 0.5) is 11.4 Å². The van der Waals surface area contributed by atoms with Gasteiger partial charge in [-0.2, -0.15) is 0 Å². The molecular weight excluding hydrogens is 370 g/mol. The van der Waals surface area contributed by atoms with Crippen LogP contribution < -0.4 is 10.2 Å². The van der Waals surface area contributed by atoms with Gasteiger partial charge in [0.05, 0.1) is 0 Å². The number of amides is 1. The van der Waals surface area contributed by atoms with Crippen LogP contribution in [0.5, 0.6) is 0 Å². The molecule has 0 unspecified atom stereocenters. The number of hydrogen-bond donors (Lipinski definition) is 1. The van der Waals surface area contributed by atoms with E-state index >= 15 is 0 Å². The number of anilines is 2. The van der Waals surface area contributed by atoms with E-state index in [-0.39, 0.29) is 5.91 Å². The van der Waals surface area contributed by atoms with Crippen LogP contribution in [0.2, 0.25) is 0 Å². The lowest BCUT2D eigenvalue weighted by atomic mass is 10.2. The average Bonchev–Trinajstić information content (AvgIpc) is 2.81. The first kappa shape index (κ1) is 19.9. The molecule has 0 bridgehead atoms. The largest absolute Gasteiger partial charge is 0.369 e. The maximum Gasteiger partial charge on any atom is 0.255 e. The van der Waals surface area contributed by atoms with Gasteiger partial charge < -0.3 is 10.2 Å². The van der Waals surface area contributed by atoms with Crippen molar-refractivity contribution in [2.45, 2.75) is 0 Å². The third-order valence-electron chi connectivity index (χ3n) is 5.37. The molecular formula is C26H27N3O. The predicted molar refractivity (Wildman–Crippen MR) is 125 cm³/mol. The summed E-state index contributed by atoms with van der Waals surface area (Å²) in [5, 5.41) is 2.96. The summed E-state index contributed by atoms with van der Waals surface area (Å²) in [6.45, 7) is 5.09. The molecule has 1 saturated heterocycles. The SMILES string of the molecule is O=C(Nc1ccc(N2CCN(C/C=C/c3ccccc3)CC2)cc1)c1ccccc1. The first-order valence-corrected chi connectivity index (χ1v) is 10.4. The summed E-state index contributed by atoms with van der Waals surface area (Å²) in [4.78, 5) is 17.2. The molecule has 3 aromatic carbocycles. The lowest BCUT2D eigenvalue weighted by Crippen LogP contribution is -2.46. The third kappa shape index (κ3) is 5.37. The highest BCUT2D eigenvalue weighted by Gasteiger charge is 2.16. The summed E-state index contributed by atoms with van der Waals surface area (Å²) in [5.41, 5.74) is 3.93. The summed E-state index contributed by atoms with van der Waals surface area (Å²) in [6, 6.07) is 27.8. The van der Waals surface area contributed by atoms with Gasteiger partial charge in [-0.05, 0) is 42.0 Å². The molecule has 1 aliphatic rings. The van der Waals surface area contributed by atoms with Crippen LogP contribution in [0, 0.1) is 0 Å². The average molecular weight is 398 g/mol. The van der Waals surface area contributed by atoms with Gasteiger partial charge in [0.25, 0.3) is 5.91 Å². The molecule has 0 atom stereocenters. The molecule has 1 fully saturated rings. The van der Waals surface area contributed by atoms with Crippen LogP contribution in [0.3, 0.4) is 0 Å². The summed E-state index contributed by atoms with van der Waals surface area (Å²) in [7, 11) is 0. The zero-order chi connectivity index (χ0) is 20.6. The number of rotatable bonds is 6. The number of carbonyl (C=O) groups is 1. The van der Waals surface area contributed by atoms with Crippen molar-refractivity contribution in [3.05, 3.63) is 102 Å². The summed E-state index contributed by atoms with van der Waals surface area (Å²) >= 11 is 0. The van der Waals surface area contributed by atoms with Gasteiger partial charge in [-0.15, -0.1) is 0 Å². The zero-order valence-electron chi connectivity index (χ0n) is 17.1. The molecule has 0 aliphatic carbocycles. The molecule has 0 saturated carbocycles. The highest BCUT2D eigenvalue weighted by molar-refractivity contribution is 6.04. The number of piperazine rings is 1. The number of nitrogens with one attached hydrogen (secondary N) is 1. The van der Waals surface area contributed by atoms with Gasteiger partial charge in [-0.1, -0.05) is 60.7 Å². The van der Waals surface area contributed by atoms with Gasteiger partial charge in [-0.25, -0.2) is 0 Å². The van der Waals surface area contributed by atoms with Crippen molar-refractivity contribution in [3.8, 4) is 0 Å². The number of nitrogens with zero attached hydrogens (tertiary/aromatic N) is 2. The first-order chi connectivity index (χ1) is 14.8. The Morgan fingerprint density at radius 3 is 2.10 bits per heavy atom. The Morgan fingerprint density at radius 2 is 1.43 bits per heavy atom. The van der Waals surface area contributed by atoms with Gasteiger partial charge in [0.1, 0.15) is 0 Å². The minimum Gasteiger partial charge on any atom is -0.369 e. The molecule has 4 rings (SSSR count). The number of hydrogen-bond acceptors (Lipinski definition) is 3. The Hall–Kier alpha value is -3.37. The van der Waals surface area contributed by atoms with Gasteiger partial charge in [0, 0.05) is 49.7 Å². The molecule has 0 spiro atoms. The molecule has 3 aromatic rings. The zero-order valence-corrected chi connectivity index (χ0v) is 17.1. The molecule has 1 amide bonds. The second-order valence-electron chi connectivity index (χ2n) is 7.47. The molecule has 0 radical (unpaired) electrons. The van der Waals surface area contributed by atoms with Crippen LogP contribution in [0.1, 0.15) is 15.9 Å². The van der Waals surface area contributed by atoms with Crippen molar-refractivity contribution in [2.75, 3.05) is 42.9 Å². The highest BCUT2D eigenvalue weighted by atomic mass is 16.1. The van der Waals surface area contributed by atoms with E-state index < -0.39 is 0 Å². The highest BCUT2D eigenvalue weighted by Crippen LogP contribution is 2.20. The second kappa shape index (κ2) is 9.90. The van der Waals surface area contributed by atoms with E-state index in [4.69, 9.17) is 0 Å². The smallest absolute Gasteiger partial charge is 0.255 e. The monoisotopic (exact) mass is 397 g/mol. The van der Waals surface area contributed by atoms with Gasteiger partial charge in [0.15, 0.2) is 0 Å². The predicted octanol–water partition coefficient (Wildman–Crippen LogP) is 4.77. The molecule has 1 heterocycles. The van der Waals surface area contributed by atoms with Crippen molar-refractivity contribution < 1.29 is 4.79 Å². The van der Waals surface area contributed by atoms with Crippen LogP contribution in [0.15, 0.2) is 91.0 Å². The van der Waals surface area contributed by atoms with Crippen LogP contribution in [-0.4, -0.2) is 43.5 Å². The molecule has 152 valence electrons. The van der Waals surface area contributed by atoms with Crippen LogP contribution >= 0.6 is 0 Å². The summed E-state index contributed by atoms with van der Waals surface area (Å²) in [6.07, 6.45) is 4.43. The first-order valence-electron chi connectivity index (χ1n) is 10.4. The normalized spacial score (nSPS) is 14.7. The van der Waals surface area contributed by atoms with E-state index in [1.165, 1.54) is 11.3 Å². The molecule has 30 heavy (non-hydrogen) atoms. The standard InChI is InChI=1S/C26H27N3O/c30-26(23-11-5-2-6-12-23)27-24-13-15-25(16-14-24)29-20-18-28(19-21-29)17-7-10-22-8-3-1-4-9-22/h1-16H,17-21H2,(H,27,30)/b10-7+. The Labute approximate surface area is 178 Å². The quantitative estimate of drug-likeness (QED) is 0.651. The maximum atomic E-state index is 12.3. The van der Waals surface area contributed by atoms with Crippen LogP contribution in [0.25, 0.3) is 6.08 Å². The van der Waals surface area contributed by atoms with Crippen molar-refractivity contribution in [2.24, 2.45) is 0 Å². The van der Waals surface area contributed by atoms with Gasteiger partial charge >= 0.3 is 0 Å². The molecule has 1 N–H and O–H groups in total. The van der Waals surface area contributed by atoms with Gasteiger partial charge in [0.2, 0.25) is 0 Å². The molecule has 4 nitrogen and oxygen atoms in total. The minimum atomic E-state index is -0.0829. The Morgan fingerprint density at radius 1 is 0.800 bits per heavy atom. The second-order valence-corrected chi connectivity index (χ2v) is 7.47. The van der Waals surface area contributed by atoms with Gasteiger partial charge in [-0.3, -0.25) is 9.69 Å². The van der Waals surface area contributed by atoms with E-state index in [1.54, 1.807) is 0 Å². The van der Waals surface area contributed by atoms with E-state index in [0.29, 0.717) is 5.56 Å². The van der Waals surface area contributed by atoms with E-state index in [1.807, 2.05) is 48.5 Å². The van der Waals surface area contributed by atoms with Crippen molar-refractivity contribution >= 4 is 23.4 Å². The van der Waals surface area contributed by atoms with Crippen molar-refractivity contribution in [1.82, 2.24) is 4.90 Å². The number of benzene rings is 3. The summed E-state index contributed by atoms with van der Waals surface area (Å²) in [5.74, 6) is -0.0829. The Bertz CT molecular complexity index is 960. The van der Waals surface area contributed by atoms with E-state index in [0.717, 1.165) is 38.4 Å². The fourth-order valence-corrected chi connectivity index (χ4v) is 3.64. The van der Waals surface area contributed by atoms with E-state index in [2.05, 4.69) is 63.7 Å². The third-order valence-corrected chi connectivity index (χ3v) is 5.37. The molecule has 0 aromatic heterocycles. The van der Waals surface area contributed by atoms with Crippen LogP contribution in [-0.2, 0) is 0 Å².